The third kappa shape index (κ3) is 4.08. The molecule has 0 aliphatic carbocycles. The Bertz CT molecular complexity index is 1040. The molecule has 0 radical (unpaired) electrons. The first kappa shape index (κ1) is 20.4. The molecular formula is C20H18F3N3O3. The SMILES string of the molecule is Cn1c(-c2ccccc2C(F)(F)F)nnc1C(C)(C)Oc1ccc(C(=O)O)cc1. The van der Waals surface area contributed by atoms with Crippen molar-refractivity contribution in [2.45, 2.75) is 25.6 Å². The molecule has 0 aliphatic heterocycles. The predicted octanol–water partition coefficient (Wildman–Crippen LogP) is 4.51. The van der Waals surface area contributed by atoms with E-state index < -0.39 is 23.3 Å². The third-order valence-electron chi connectivity index (χ3n) is 4.36. The van der Waals surface area contributed by atoms with Crippen molar-refractivity contribution in [3.63, 3.8) is 0 Å². The summed E-state index contributed by atoms with van der Waals surface area (Å²) in [6, 6.07) is 11.0. The summed E-state index contributed by atoms with van der Waals surface area (Å²) in [5.74, 6) is -0.296. The van der Waals surface area contributed by atoms with Gasteiger partial charge in [-0.05, 0) is 44.2 Å². The van der Waals surface area contributed by atoms with Crippen molar-refractivity contribution in [2.24, 2.45) is 7.05 Å². The van der Waals surface area contributed by atoms with E-state index in [4.69, 9.17) is 9.84 Å². The molecule has 152 valence electrons. The average molecular weight is 405 g/mol. The van der Waals surface area contributed by atoms with Gasteiger partial charge in [0.2, 0.25) is 0 Å². The summed E-state index contributed by atoms with van der Waals surface area (Å²) < 4.78 is 47.4. The molecule has 0 spiro atoms. The van der Waals surface area contributed by atoms with E-state index in [1.165, 1.54) is 47.0 Å². The van der Waals surface area contributed by atoms with E-state index in [-0.39, 0.29) is 17.0 Å². The summed E-state index contributed by atoms with van der Waals surface area (Å²) in [6.45, 7) is 3.39. The minimum atomic E-state index is -4.53. The van der Waals surface area contributed by atoms with Gasteiger partial charge in [-0.25, -0.2) is 4.79 Å². The lowest BCUT2D eigenvalue weighted by atomic mass is 10.1. The molecule has 1 N–H and O–H groups in total. The Morgan fingerprint density at radius 3 is 2.24 bits per heavy atom. The number of carbonyl (C=O) groups is 1. The molecule has 0 amide bonds. The van der Waals surface area contributed by atoms with Gasteiger partial charge in [0.25, 0.3) is 0 Å². The van der Waals surface area contributed by atoms with Gasteiger partial charge in [-0.3, -0.25) is 0 Å². The quantitative estimate of drug-likeness (QED) is 0.676. The number of hydrogen-bond donors (Lipinski definition) is 1. The largest absolute Gasteiger partial charge is 0.480 e. The molecule has 29 heavy (non-hydrogen) atoms. The summed E-state index contributed by atoms with van der Waals surface area (Å²) >= 11 is 0. The van der Waals surface area contributed by atoms with Gasteiger partial charge >= 0.3 is 12.1 Å². The van der Waals surface area contributed by atoms with Crippen LogP contribution in [0, 0.1) is 0 Å². The molecule has 9 heteroatoms. The number of hydrogen-bond acceptors (Lipinski definition) is 4. The minimum Gasteiger partial charge on any atom is -0.480 e. The van der Waals surface area contributed by atoms with Gasteiger partial charge in [-0.2, -0.15) is 13.2 Å². The number of carboxylic acids is 1. The van der Waals surface area contributed by atoms with Crippen molar-refractivity contribution in [3.05, 3.63) is 65.5 Å². The molecule has 3 rings (SSSR count). The number of rotatable bonds is 5. The maximum absolute atomic E-state index is 13.4. The highest BCUT2D eigenvalue weighted by Gasteiger charge is 2.36. The summed E-state index contributed by atoms with van der Waals surface area (Å²) in [7, 11) is 1.57. The highest BCUT2D eigenvalue weighted by Crippen LogP contribution is 2.37. The van der Waals surface area contributed by atoms with Crippen molar-refractivity contribution in [3.8, 4) is 17.1 Å². The van der Waals surface area contributed by atoms with Crippen LogP contribution in [0.2, 0.25) is 0 Å². The van der Waals surface area contributed by atoms with Gasteiger partial charge in [-0.15, -0.1) is 10.2 Å². The number of aromatic carboxylic acids is 1. The monoisotopic (exact) mass is 405 g/mol. The first-order valence-corrected chi connectivity index (χ1v) is 8.59. The molecule has 3 aromatic rings. The van der Waals surface area contributed by atoms with Crippen LogP contribution in [0.25, 0.3) is 11.4 Å². The Balaban J connectivity index is 1.95. The lowest BCUT2D eigenvalue weighted by molar-refractivity contribution is -0.137. The highest BCUT2D eigenvalue weighted by atomic mass is 19.4. The molecule has 0 bridgehead atoms. The number of ether oxygens (including phenoxy) is 1. The first-order valence-electron chi connectivity index (χ1n) is 8.59. The van der Waals surface area contributed by atoms with Crippen LogP contribution in [-0.2, 0) is 18.8 Å². The van der Waals surface area contributed by atoms with Crippen LogP contribution >= 0.6 is 0 Å². The number of aromatic nitrogens is 3. The topological polar surface area (TPSA) is 77.2 Å². The number of alkyl halides is 3. The van der Waals surface area contributed by atoms with Gasteiger partial charge < -0.3 is 14.4 Å². The minimum absolute atomic E-state index is 0.0609. The van der Waals surface area contributed by atoms with E-state index in [2.05, 4.69) is 10.2 Å². The Morgan fingerprint density at radius 1 is 1.03 bits per heavy atom. The molecule has 0 saturated carbocycles. The highest BCUT2D eigenvalue weighted by molar-refractivity contribution is 5.87. The van der Waals surface area contributed by atoms with Gasteiger partial charge in [0.05, 0.1) is 11.1 Å². The van der Waals surface area contributed by atoms with Crippen LogP contribution < -0.4 is 4.74 Å². The van der Waals surface area contributed by atoms with Crippen LogP contribution in [-0.4, -0.2) is 25.8 Å². The van der Waals surface area contributed by atoms with Crippen molar-refractivity contribution in [1.29, 1.82) is 0 Å². The molecule has 0 saturated heterocycles. The van der Waals surface area contributed by atoms with E-state index in [0.717, 1.165) is 6.07 Å². The van der Waals surface area contributed by atoms with E-state index >= 15 is 0 Å². The zero-order chi connectivity index (χ0) is 21.4. The average Bonchev–Trinajstić information content (AvgIpc) is 3.03. The summed E-state index contributed by atoms with van der Waals surface area (Å²) in [5.41, 5.74) is -1.81. The maximum Gasteiger partial charge on any atom is 0.417 e. The molecule has 2 aromatic carbocycles. The first-order chi connectivity index (χ1) is 13.5. The van der Waals surface area contributed by atoms with E-state index in [9.17, 15) is 18.0 Å². The van der Waals surface area contributed by atoms with Gasteiger partial charge in [0, 0.05) is 12.6 Å². The van der Waals surface area contributed by atoms with Crippen LogP contribution in [0.4, 0.5) is 13.2 Å². The van der Waals surface area contributed by atoms with E-state index in [0.29, 0.717) is 11.6 Å². The van der Waals surface area contributed by atoms with Crippen LogP contribution in [0.5, 0.6) is 5.75 Å². The fourth-order valence-corrected chi connectivity index (χ4v) is 3.02. The number of benzene rings is 2. The van der Waals surface area contributed by atoms with Gasteiger partial charge in [0.15, 0.2) is 17.2 Å². The smallest absolute Gasteiger partial charge is 0.417 e. The molecule has 0 atom stereocenters. The molecule has 0 fully saturated rings. The zero-order valence-corrected chi connectivity index (χ0v) is 15.9. The molecule has 1 heterocycles. The van der Waals surface area contributed by atoms with E-state index in [1.54, 1.807) is 20.9 Å². The summed E-state index contributed by atoms with van der Waals surface area (Å²) in [6.07, 6.45) is -4.53. The Kier molecular flexibility index (Phi) is 5.08. The van der Waals surface area contributed by atoms with Crippen molar-refractivity contribution in [1.82, 2.24) is 14.8 Å². The Morgan fingerprint density at radius 2 is 1.66 bits per heavy atom. The second-order valence-corrected chi connectivity index (χ2v) is 6.89. The molecule has 0 unspecified atom stereocenters. The van der Waals surface area contributed by atoms with Crippen molar-refractivity contribution >= 4 is 5.97 Å². The standard InChI is InChI=1S/C20H18F3N3O3/c1-19(2,29-13-10-8-12(9-11-13)17(27)28)18-25-24-16(26(18)3)14-6-4-5-7-15(14)20(21,22)23/h4-11H,1-3H3,(H,27,28). The number of nitrogens with zero attached hydrogens (tertiary/aromatic N) is 3. The third-order valence-corrected chi connectivity index (χ3v) is 4.36. The van der Waals surface area contributed by atoms with Crippen LogP contribution in [0.15, 0.2) is 48.5 Å². The maximum atomic E-state index is 13.4. The van der Waals surface area contributed by atoms with Crippen molar-refractivity contribution < 1.29 is 27.8 Å². The Hall–Kier alpha value is -3.36. The summed E-state index contributed by atoms with van der Waals surface area (Å²) in [4.78, 5) is 11.0. The van der Waals surface area contributed by atoms with Crippen LogP contribution in [0.1, 0.15) is 35.6 Å². The lowest BCUT2D eigenvalue weighted by Gasteiger charge is -2.25. The molecular weight excluding hydrogens is 387 g/mol. The van der Waals surface area contributed by atoms with Crippen molar-refractivity contribution in [2.75, 3.05) is 0 Å². The fourth-order valence-electron chi connectivity index (χ4n) is 3.02. The molecule has 6 nitrogen and oxygen atoms in total. The lowest BCUT2D eigenvalue weighted by Crippen LogP contribution is -2.29. The zero-order valence-electron chi connectivity index (χ0n) is 15.9. The number of carboxylic acid groups (broad SMARTS) is 1. The molecule has 0 aliphatic rings. The second-order valence-electron chi connectivity index (χ2n) is 6.89. The predicted molar refractivity (Wildman–Crippen MR) is 98.5 cm³/mol. The van der Waals surface area contributed by atoms with Gasteiger partial charge in [0.1, 0.15) is 5.75 Å². The molecule has 1 aromatic heterocycles. The Labute approximate surface area is 164 Å². The van der Waals surface area contributed by atoms with E-state index in [1.807, 2.05) is 0 Å². The van der Waals surface area contributed by atoms with Gasteiger partial charge in [-0.1, -0.05) is 18.2 Å². The number of halogens is 3. The second kappa shape index (κ2) is 7.23. The summed E-state index contributed by atoms with van der Waals surface area (Å²) in [5, 5.41) is 17.0. The fraction of sp³-hybridized carbons (Fsp3) is 0.250. The normalized spacial score (nSPS) is 12.1. The van der Waals surface area contributed by atoms with Crippen LogP contribution in [0.3, 0.4) is 0 Å².